The summed E-state index contributed by atoms with van der Waals surface area (Å²) in [6.45, 7) is 4.04. The summed E-state index contributed by atoms with van der Waals surface area (Å²) in [7, 11) is 0. The number of nitrogens with one attached hydrogen (secondary N) is 2. The fraction of sp³-hybridized carbons (Fsp3) is 0.421. The predicted octanol–water partition coefficient (Wildman–Crippen LogP) is 5.25. The van der Waals surface area contributed by atoms with Crippen LogP contribution >= 0.6 is 0 Å². The van der Waals surface area contributed by atoms with Gasteiger partial charge < -0.3 is 29.3 Å². The molecule has 6 rings (SSSR count). The molecule has 0 spiro atoms. The molecule has 0 saturated carbocycles. The summed E-state index contributed by atoms with van der Waals surface area (Å²) in [4.78, 5) is 40.3. The van der Waals surface area contributed by atoms with Gasteiger partial charge in [0.1, 0.15) is 18.4 Å². The molecule has 1 atom stereocenters. The fourth-order valence-corrected chi connectivity index (χ4v) is 6.92. The number of benzene rings is 3. The maximum Gasteiger partial charge on any atom is 0.417 e. The van der Waals surface area contributed by atoms with Gasteiger partial charge in [-0.1, -0.05) is 18.2 Å². The molecular formula is C38H40F3N5O6. The van der Waals surface area contributed by atoms with Crippen molar-refractivity contribution < 1.29 is 41.8 Å². The molecule has 2 N–H and O–H groups in total. The minimum Gasteiger partial charge on any atom is -0.491 e. The minimum absolute atomic E-state index is 0.209. The van der Waals surface area contributed by atoms with Crippen molar-refractivity contribution >= 4 is 29.1 Å². The average Bonchev–Trinajstić information content (AvgIpc) is 3.48. The van der Waals surface area contributed by atoms with Crippen LogP contribution in [0.5, 0.6) is 5.75 Å². The molecule has 2 saturated heterocycles. The van der Waals surface area contributed by atoms with Crippen LogP contribution in [0.15, 0.2) is 60.7 Å². The van der Waals surface area contributed by atoms with Gasteiger partial charge in [0.15, 0.2) is 0 Å². The Bertz CT molecular complexity index is 1800. The number of hydrogen-bond acceptors (Lipinski definition) is 9. The Morgan fingerprint density at radius 3 is 2.35 bits per heavy atom. The molecule has 3 aromatic rings. The van der Waals surface area contributed by atoms with Crippen LogP contribution < -0.4 is 20.3 Å². The van der Waals surface area contributed by atoms with Crippen LogP contribution in [-0.2, 0) is 31.8 Å². The third-order valence-corrected chi connectivity index (χ3v) is 9.65. The third-order valence-electron chi connectivity index (χ3n) is 9.65. The van der Waals surface area contributed by atoms with E-state index < -0.39 is 23.7 Å². The van der Waals surface area contributed by atoms with E-state index in [2.05, 4.69) is 10.6 Å². The summed E-state index contributed by atoms with van der Waals surface area (Å²) in [6.07, 6.45) is -2.45. The molecule has 14 heteroatoms. The molecule has 0 aromatic heterocycles. The summed E-state index contributed by atoms with van der Waals surface area (Å²) >= 11 is 0. The molecule has 0 aliphatic carbocycles. The first-order valence-electron chi connectivity index (χ1n) is 17.4. The standard InChI is InChI=1S/C38H40F3N5O6/c39-38(40,41)32-22-28(7-4-27(32)23-42)45-15-12-26(13-16-45)25-5-8-29(9-6-25)52-21-20-51-19-18-50-17-14-43-33-3-1-2-30-31(33)24-46(37(30)49)34-10-11-35(47)44-36(34)48/h1-9,22,26,34,43H,10-21,24H2,(H,44,47,48). The van der Waals surface area contributed by atoms with Crippen molar-refractivity contribution in [2.45, 2.75) is 50.4 Å². The lowest BCUT2D eigenvalue weighted by molar-refractivity contribution is -0.138. The van der Waals surface area contributed by atoms with E-state index in [1.807, 2.05) is 35.2 Å². The molecule has 11 nitrogen and oxygen atoms in total. The zero-order chi connectivity index (χ0) is 36.7. The highest BCUT2D eigenvalue weighted by atomic mass is 19.4. The van der Waals surface area contributed by atoms with Crippen molar-refractivity contribution in [3.63, 3.8) is 0 Å². The Balaban J connectivity index is 0.838. The molecule has 3 heterocycles. The number of alkyl halides is 3. The maximum absolute atomic E-state index is 13.4. The van der Waals surface area contributed by atoms with Crippen molar-refractivity contribution in [2.75, 3.05) is 62.9 Å². The van der Waals surface area contributed by atoms with Crippen LogP contribution in [0.1, 0.15) is 64.2 Å². The number of ether oxygens (including phenoxy) is 3. The topological polar surface area (TPSA) is 133 Å². The second kappa shape index (κ2) is 16.5. The van der Waals surface area contributed by atoms with Crippen molar-refractivity contribution in [1.29, 1.82) is 5.26 Å². The number of carbonyl (C=O) groups excluding carboxylic acids is 3. The Labute approximate surface area is 299 Å². The maximum atomic E-state index is 13.4. The number of nitriles is 1. The number of fused-ring (bicyclic) bond motifs is 1. The largest absolute Gasteiger partial charge is 0.491 e. The summed E-state index contributed by atoms with van der Waals surface area (Å²) < 4.78 is 57.4. The monoisotopic (exact) mass is 719 g/mol. The zero-order valence-corrected chi connectivity index (χ0v) is 28.5. The highest BCUT2D eigenvalue weighted by Crippen LogP contribution is 2.37. The van der Waals surface area contributed by atoms with Gasteiger partial charge in [0, 0.05) is 55.1 Å². The molecule has 274 valence electrons. The van der Waals surface area contributed by atoms with E-state index in [0.29, 0.717) is 76.9 Å². The smallest absolute Gasteiger partial charge is 0.417 e. The van der Waals surface area contributed by atoms with Gasteiger partial charge in [0.2, 0.25) is 11.8 Å². The van der Waals surface area contributed by atoms with E-state index >= 15 is 0 Å². The molecular weight excluding hydrogens is 679 g/mol. The first-order valence-corrected chi connectivity index (χ1v) is 17.4. The number of hydrogen-bond donors (Lipinski definition) is 2. The van der Waals surface area contributed by atoms with Gasteiger partial charge in [-0.15, -0.1) is 0 Å². The lowest BCUT2D eigenvalue weighted by Gasteiger charge is -2.34. The van der Waals surface area contributed by atoms with Gasteiger partial charge in [0.25, 0.3) is 5.91 Å². The number of halogens is 3. The molecule has 3 aliphatic heterocycles. The van der Waals surface area contributed by atoms with Gasteiger partial charge in [-0.25, -0.2) is 0 Å². The van der Waals surface area contributed by atoms with E-state index in [-0.39, 0.29) is 29.7 Å². The van der Waals surface area contributed by atoms with Crippen molar-refractivity contribution in [1.82, 2.24) is 10.2 Å². The Morgan fingerprint density at radius 1 is 0.904 bits per heavy atom. The normalized spacial score (nSPS) is 17.9. The highest BCUT2D eigenvalue weighted by molar-refractivity contribution is 6.06. The number of nitrogens with zero attached hydrogens (tertiary/aromatic N) is 3. The van der Waals surface area contributed by atoms with Crippen molar-refractivity contribution in [3.8, 4) is 11.8 Å². The van der Waals surface area contributed by atoms with E-state index in [9.17, 15) is 27.6 Å². The van der Waals surface area contributed by atoms with Crippen LogP contribution in [-0.4, -0.2) is 81.3 Å². The van der Waals surface area contributed by atoms with Crippen LogP contribution in [0.2, 0.25) is 0 Å². The van der Waals surface area contributed by atoms with Crippen LogP contribution in [0, 0.1) is 11.3 Å². The lowest BCUT2D eigenvalue weighted by atomic mass is 9.89. The second-order valence-electron chi connectivity index (χ2n) is 12.9. The molecule has 3 amide bonds. The van der Waals surface area contributed by atoms with E-state index in [1.165, 1.54) is 11.0 Å². The molecule has 0 radical (unpaired) electrons. The highest BCUT2D eigenvalue weighted by Gasteiger charge is 2.40. The summed E-state index contributed by atoms with van der Waals surface area (Å²) in [5.41, 5.74) is 2.55. The molecule has 0 bridgehead atoms. The van der Waals surface area contributed by atoms with E-state index in [1.54, 1.807) is 24.3 Å². The van der Waals surface area contributed by atoms with Crippen molar-refractivity contribution in [3.05, 3.63) is 88.5 Å². The average molecular weight is 720 g/mol. The Morgan fingerprint density at radius 2 is 1.63 bits per heavy atom. The third kappa shape index (κ3) is 8.66. The molecule has 2 fully saturated rings. The van der Waals surface area contributed by atoms with Gasteiger partial charge in [-0.2, -0.15) is 18.4 Å². The van der Waals surface area contributed by atoms with Gasteiger partial charge in [-0.05, 0) is 73.2 Å². The summed E-state index contributed by atoms with van der Waals surface area (Å²) in [5.74, 6) is 0.0449. The zero-order valence-electron chi connectivity index (χ0n) is 28.5. The van der Waals surface area contributed by atoms with E-state index in [0.717, 1.165) is 41.5 Å². The van der Waals surface area contributed by atoms with Gasteiger partial charge in [-0.3, -0.25) is 19.7 Å². The molecule has 52 heavy (non-hydrogen) atoms. The molecule has 3 aromatic carbocycles. The number of rotatable bonds is 14. The van der Waals surface area contributed by atoms with Crippen LogP contribution in [0.4, 0.5) is 24.5 Å². The minimum atomic E-state index is -4.58. The number of carbonyl (C=O) groups is 3. The fourth-order valence-electron chi connectivity index (χ4n) is 6.92. The van der Waals surface area contributed by atoms with Crippen LogP contribution in [0.25, 0.3) is 0 Å². The quantitative estimate of drug-likeness (QED) is 0.170. The van der Waals surface area contributed by atoms with Crippen LogP contribution in [0.3, 0.4) is 0 Å². The SMILES string of the molecule is N#Cc1ccc(N2CCC(c3ccc(OCCOCCOCCNc4cccc5c4CN(C4CCC(=O)NC4=O)C5=O)cc3)CC2)cc1C(F)(F)F. The lowest BCUT2D eigenvalue weighted by Crippen LogP contribution is -2.52. The molecule has 3 aliphatic rings. The number of imide groups is 1. The second-order valence-corrected chi connectivity index (χ2v) is 12.9. The molecule has 1 unspecified atom stereocenters. The summed E-state index contributed by atoms with van der Waals surface area (Å²) in [6, 6.07) is 18.2. The predicted molar refractivity (Wildman–Crippen MR) is 185 cm³/mol. The van der Waals surface area contributed by atoms with Gasteiger partial charge in [0.05, 0.1) is 43.6 Å². The van der Waals surface area contributed by atoms with Gasteiger partial charge >= 0.3 is 6.18 Å². The first kappa shape index (κ1) is 36.7. The Kier molecular flexibility index (Phi) is 11.6. The first-order chi connectivity index (χ1) is 25.1. The van der Waals surface area contributed by atoms with Crippen molar-refractivity contribution in [2.24, 2.45) is 0 Å². The number of piperidine rings is 2. The Hall–Kier alpha value is -5.13. The number of amides is 3. The van der Waals surface area contributed by atoms with E-state index in [4.69, 9.17) is 19.5 Å². The number of anilines is 2. The summed E-state index contributed by atoms with van der Waals surface area (Å²) in [5, 5.41) is 14.7.